The third-order valence-corrected chi connectivity index (χ3v) is 6.92. The van der Waals surface area contributed by atoms with Crippen LogP contribution in [0.2, 0.25) is 0 Å². The van der Waals surface area contributed by atoms with Gasteiger partial charge in [0.1, 0.15) is 0 Å². The molecule has 0 spiro atoms. The molecule has 0 radical (unpaired) electrons. The molecule has 2 aromatic rings. The highest BCUT2D eigenvalue weighted by atomic mass is 32.2. The van der Waals surface area contributed by atoms with E-state index in [0.29, 0.717) is 17.7 Å². The molecule has 0 aliphatic carbocycles. The fourth-order valence-corrected chi connectivity index (χ4v) is 5.71. The van der Waals surface area contributed by atoms with Crippen molar-refractivity contribution in [1.82, 2.24) is 4.31 Å². The summed E-state index contributed by atoms with van der Waals surface area (Å²) in [5.74, 6) is 0.222. The highest BCUT2D eigenvalue weighted by Crippen LogP contribution is 2.35. The summed E-state index contributed by atoms with van der Waals surface area (Å²) < 4.78 is 27.2. The molecular weight excluding hydrogens is 328 g/mol. The van der Waals surface area contributed by atoms with Gasteiger partial charge < -0.3 is 0 Å². The van der Waals surface area contributed by atoms with Crippen molar-refractivity contribution in [2.45, 2.75) is 31.1 Å². The second-order valence-electron chi connectivity index (χ2n) is 5.98. The van der Waals surface area contributed by atoms with Gasteiger partial charge >= 0.3 is 0 Å². The maximum Gasteiger partial charge on any atom is 0.218 e. The summed E-state index contributed by atoms with van der Waals surface area (Å²) in [6, 6.07) is 10.9. The van der Waals surface area contributed by atoms with E-state index < -0.39 is 10.0 Å². The summed E-state index contributed by atoms with van der Waals surface area (Å²) in [4.78, 5) is 0. The van der Waals surface area contributed by atoms with Gasteiger partial charge in [0.05, 0.1) is 17.4 Å². The summed E-state index contributed by atoms with van der Waals surface area (Å²) in [5.41, 5.74) is 2.38. The Morgan fingerprint density at radius 2 is 2.22 bits per heavy atom. The average Bonchev–Trinajstić information content (AvgIpc) is 3.16. The lowest BCUT2D eigenvalue weighted by Gasteiger charge is -2.21. The molecule has 1 aromatic carbocycles. The molecule has 0 saturated carbocycles. The Labute approximate surface area is 141 Å². The van der Waals surface area contributed by atoms with Crippen LogP contribution in [0.1, 0.15) is 36.0 Å². The zero-order chi connectivity index (χ0) is 16.4. The van der Waals surface area contributed by atoms with E-state index in [1.807, 2.05) is 18.4 Å². The summed E-state index contributed by atoms with van der Waals surface area (Å²) in [7, 11) is -3.38. The van der Waals surface area contributed by atoms with Crippen LogP contribution in [0.15, 0.2) is 41.1 Å². The van der Waals surface area contributed by atoms with Gasteiger partial charge in [0.2, 0.25) is 10.0 Å². The van der Waals surface area contributed by atoms with Crippen LogP contribution in [-0.4, -0.2) is 25.3 Å². The standard InChI is InChI=1S/C17H18N2O2S2/c1-13-7-17(16-5-6-22-11-16)10-19(13)23(20,21)12-15-4-2-3-14(8-15)9-18/h2-6,8,11,13,17H,7,10,12H2,1H3/t13-,17+/m0/s1. The predicted octanol–water partition coefficient (Wildman–Crippen LogP) is 3.33. The zero-order valence-corrected chi connectivity index (χ0v) is 14.5. The van der Waals surface area contributed by atoms with E-state index in [0.717, 1.165) is 6.42 Å². The molecule has 1 aliphatic heterocycles. The van der Waals surface area contributed by atoms with Gasteiger partial charge in [-0.15, -0.1) is 0 Å². The highest BCUT2D eigenvalue weighted by molar-refractivity contribution is 7.88. The molecule has 1 fully saturated rings. The smallest absolute Gasteiger partial charge is 0.212 e. The number of hydrogen-bond acceptors (Lipinski definition) is 4. The van der Waals surface area contributed by atoms with E-state index in [2.05, 4.69) is 11.4 Å². The van der Waals surface area contributed by atoms with Gasteiger partial charge in [-0.3, -0.25) is 0 Å². The summed E-state index contributed by atoms with van der Waals surface area (Å²) in [6.07, 6.45) is 0.855. The lowest BCUT2D eigenvalue weighted by atomic mass is 10.00. The van der Waals surface area contributed by atoms with Crippen molar-refractivity contribution in [3.8, 4) is 6.07 Å². The Balaban J connectivity index is 1.78. The van der Waals surface area contributed by atoms with E-state index in [4.69, 9.17) is 5.26 Å². The Morgan fingerprint density at radius 3 is 2.91 bits per heavy atom. The minimum Gasteiger partial charge on any atom is -0.212 e. The topological polar surface area (TPSA) is 61.2 Å². The van der Waals surface area contributed by atoms with Gasteiger partial charge in [-0.25, -0.2) is 8.42 Å². The van der Waals surface area contributed by atoms with Crippen LogP contribution >= 0.6 is 11.3 Å². The summed E-state index contributed by atoms with van der Waals surface area (Å²) >= 11 is 1.64. The van der Waals surface area contributed by atoms with Crippen molar-refractivity contribution in [1.29, 1.82) is 5.26 Å². The molecular formula is C17H18N2O2S2. The maximum absolute atomic E-state index is 12.8. The van der Waals surface area contributed by atoms with Crippen molar-refractivity contribution in [2.75, 3.05) is 6.54 Å². The third-order valence-electron chi connectivity index (χ3n) is 4.29. The van der Waals surface area contributed by atoms with Crippen LogP contribution in [0.25, 0.3) is 0 Å². The SMILES string of the molecule is C[C@H]1C[C@@H](c2ccsc2)CN1S(=O)(=O)Cc1cccc(C#N)c1. The second-order valence-corrected chi connectivity index (χ2v) is 8.68. The number of nitrogens with zero attached hydrogens (tertiary/aromatic N) is 2. The molecule has 2 atom stereocenters. The average molecular weight is 346 g/mol. The molecule has 3 rings (SSSR count). The number of rotatable bonds is 4. The van der Waals surface area contributed by atoms with Crippen molar-refractivity contribution >= 4 is 21.4 Å². The van der Waals surface area contributed by atoms with E-state index >= 15 is 0 Å². The molecule has 23 heavy (non-hydrogen) atoms. The first-order valence-corrected chi connectivity index (χ1v) is 10.1. The van der Waals surface area contributed by atoms with Crippen molar-refractivity contribution in [2.24, 2.45) is 0 Å². The first-order chi connectivity index (χ1) is 11.0. The minimum absolute atomic E-state index is 0.00375. The first kappa shape index (κ1) is 16.2. The van der Waals surface area contributed by atoms with Crippen LogP contribution in [0.4, 0.5) is 0 Å². The Bertz CT molecular complexity index is 823. The van der Waals surface area contributed by atoms with E-state index in [-0.39, 0.29) is 17.7 Å². The van der Waals surface area contributed by atoms with Crippen molar-refractivity contribution in [3.63, 3.8) is 0 Å². The Kier molecular flexibility index (Phi) is 4.53. The first-order valence-electron chi connectivity index (χ1n) is 7.50. The van der Waals surface area contributed by atoms with Crippen LogP contribution < -0.4 is 0 Å². The van der Waals surface area contributed by atoms with E-state index in [1.54, 1.807) is 39.9 Å². The largest absolute Gasteiger partial charge is 0.218 e. The Morgan fingerprint density at radius 1 is 1.39 bits per heavy atom. The fourth-order valence-electron chi connectivity index (χ4n) is 3.16. The van der Waals surface area contributed by atoms with Crippen LogP contribution in [0, 0.1) is 11.3 Å². The molecule has 0 N–H and O–H groups in total. The molecule has 1 saturated heterocycles. The molecule has 1 aliphatic rings. The highest BCUT2D eigenvalue weighted by Gasteiger charge is 2.37. The van der Waals surface area contributed by atoms with E-state index in [9.17, 15) is 8.42 Å². The van der Waals surface area contributed by atoms with Crippen LogP contribution in [-0.2, 0) is 15.8 Å². The minimum atomic E-state index is -3.38. The van der Waals surface area contributed by atoms with Gasteiger partial charge in [0.15, 0.2) is 0 Å². The van der Waals surface area contributed by atoms with E-state index in [1.165, 1.54) is 5.56 Å². The molecule has 4 nitrogen and oxygen atoms in total. The lowest BCUT2D eigenvalue weighted by Crippen LogP contribution is -2.34. The second kappa shape index (κ2) is 6.44. The molecule has 0 unspecified atom stereocenters. The fraction of sp³-hybridized carbons (Fsp3) is 0.353. The summed E-state index contributed by atoms with van der Waals surface area (Å²) in [6.45, 7) is 2.51. The molecule has 1 aromatic heterocycles. The van der Waals surface area contributed by atoms with Gasteiger partial charge in [-0.05, 0) is 53.4 Å². The number of thiophene rings is 1. The molecule has 6 heteroatoms. The normalized spacial score (nSPS) is 22.1. The molecule has 0 bridgehead atoms. The lowest BCUT2D eigenvalue weighted by molar-refractivity contribution is 0.406. The molecule has 0 amide bonds. The molecule has 2 heterocycles. The maximum atomic E-state index is 12.8. The predicted molar refractivity (Wildman–Crippen MR) is 91.6 cm³/mol. The van der Waals surface area contributed by atoms with Crippen molar-refractivity contribution in [3.05, 3.63) is 57.8 Å². The Hall–Kier alpha value is -1.68. The number of nitriles is 1. The zero-order valence-electron chi connectivity index (χ0n) is 12.8. The number of benzene rings is 1. The van der Waals surface area contributed by atoms with Crippen molar-refractivity contribution < 1.29 is 8.42 Å². The van der Waals surface area contributed by atoms with Gasteiger partial charge in [-0.1, -0.05) is 12.1 Å². The van der Waals surface area contributed by atoms with Crippen LogP contribution in [0.5, 0.6) is 0 Å². The van der Waals surface area contributed by atoms with Gasteiger partial charge in [-0.2, -0.15) is 20.9 Å². The number of hydrogen-bond donors (Lipinski definition) is 0. The number of sulfonamides is 1. The quantitative estimate of drug-likeness (QED) is 0.853. The summed E-state index contributed by atoms with van der Waals surface area (Å²) in [5, 5.41) is 13.1. The third kappa shape index (κ3) is 3.47. The van der Waals surface area contributed by atoms with Crippen LogP contribution in [0.3, 0.4) is 0 Å². The monoisotopic (exact) mass is 346 g/mol. The van der Waals surface area contributed by atoms with Gasteiger partial charge in [0, 0.05) is 18.5 Å². The van der Waals surface area contributed by atoms with Gasteiger partial charge in [0.25, 0.3) is 0 Å². The molecule has 120 valence electrons.